The van der Waals surface area contributed by atoms with Crippen LogP contribution >= 0.6 is 11.6 Å². The van der Waals surface area contributed by atoms with E-state index in [1.54, 1.807) is 7.11 Å². The molecule has 0 unspecified atom stereocenters. The summed E-state index contributed by atoms with van der Waals surface area (Å²) in [5.74, 6) is 0.523. The van der Waals surface area contributed by atoms with E-state index in [0.717, 1.165) is 11.1 Å². The third-order valence-corrected chi connectivity index (χ3v) is 3.78. The zero-order valence-electron chi connectivity index (χ0n) is 13.5. The summed E-state index contributed by atoms with van der Waals surface area (Å²) in [7, 11) is 1.58. The zero-order chi connectivity index (χ0) is 16.8. The Kier molecular flexibility index (Phi) is 6.02. The lowest BCUT2D eigenvalue weighted by Crippen LogP contribution is -2.30. The number of halogens is 1. The van der Waals surface area contributed by atoms with Crippen molar-refractivity contribution in [2.45, 2.75) is 19.9 Å². The summed E-state index contributed by atoms with van der Waals surface area (Å²) in [6, 6.07) is 13.3. The van der Waals surface area contributed by atoms with Crippen LogP contribution < -0.4 is 15.4 Å². The summed E-state index contributed by atoms with van der Waals surface area (Å²) >= 11 is 5.99. The number of hydrogen-bond donors (Lipinski definition) is 2. The van der Waals surface area contributed by atoms with Crippen molar-refractivity contribution in [1.29, 1.82) is 0 Å². The predicted octanol–water partition coefficient (Wildman–Crippen LogP) is 3.95. The van der Waals surface area contributed by atoms with Gasteiger partial charge in [0.15, 0.2) is 0 Å². The Morgan fingerprint density at radius 2 is 2.04 bits per heavy atom. The minimum atomic E-state index is -0.122. The van der Waals surface area contributed by atoms with Crippen molar-refractivity contribution >= 4 is 23.2 Å². The van der Waals surface area contributed by atoms with Gasteiger partial charge >= 0.3 is 0 Å². The molecule has 23 heavy (non-hydrogen) atoms. The summed E-state index contributed by atoms with van der Waals surface area (Å²) < 4.78 is 5.26. The standard InChI is InChI=1S/C18H21ClN2O2/c1-12-7-8-17(23-3)16(9-12)21-18(22)11-20-13(2)14-5-4-6-15(19)10-14/h4-10,13,20H,11H2,1-3H3,(H,21,22)/t13-/m0/s1. The van der Waals surface area contributed by atoms with E-state index < -0.39 is 0 Å². The molecule has 0 spiro atoms. The van der Waals surface area contributed by atoms with Crippen LogP contribution in [0.5, 0.6) is 5.75 Å². The lowest BCUT2D eigenvalue weighted by atomic mass is 10.1. The van der Waals surface area contributed by atoms with E-state index in [2.05, 4.69) is 10.6 Å². The van der Waals surface area contributed by atoms with Crippen LogP contribution in [0.3, 0.4) is 0 Å². The average Bonchev–Trinajstić information content (AvgIpc) is 2.53. The lowest BCUT2D eigenvalue weighted by molar-refractivity contribution is -0.115. The van der Waals surface area contributed by atoms with E-state index in [0.29, 0.717) is 16.5 Å². The van der Waals surface area contributed by atoms with Gasteiger partial charge in [0.05, 0.1) is 19.3 Å². The number of carbonyl (C=O) groups excluding carboxylic acids is 1. The fourth-order valence-electron chi connectivity index (χ4n) is 2.25. The van der Waals surface area contributed by atoms with Gasteiger partial charge in [-0.1, -0.05) is 29.8 Å². The molecule has 0 saturated heterocycles. The molecule has 0 bridgehead atoms. The number of hydrogen-bond acceptors (Lipinski definition) is 3. The lowest BCUT2D eigenvalue weighted by Gasteiger charge is -2.15. The van der Waals surface area contributed by atoms with Crippen molar-refractivity contribution in [3.63, 3.8) is 0 Å². The van der Waals surface area contributed by atoms with Crippen molar-refractivity contribution < 1.29 is 9.53 Å². The van der Waals surface area contributed by atoms with Gasteiger partial charge in [0.2, 0.25) is 5.91 Å². The van der Waals surface area contributed by atoms with E-state index >= 15 is 0 Å². The SMILES string of the molecule is COc1ccc(C)cc1NC(=O)CN[C@@H](C)c1cccc(Cl)c1. The first-order valence-corrected chi connectivity index (χ1v) is 7.80. The molecule has 2 N–H and O–H groups in total. The van der Waals surface area contributed by atoms with Gasteiger partial charge in [0.1, 0.15) is 5.75 Å². The molecule has 2 aromatic rings. The number of amides is 1. The minimum Gasteiger partial charge on any atom is -0.495 e. The Balaban J connectivity index is 1.94. The van der Waals surface area contributed by atoms with Gasteiger partial charge in [-0.25, -0.2) is 0 Å². The van der Waals surface area contributed by atoms with Gasteiger partial charge in [0, 0.05) is 11.1 Å². The highest BCUT2D eigenvalue weighted by molar-refractivity contribution is 6.30. The molecule has 0 saturated carbocycles. The van der Waals surface area contributed by atoms with Crippen molar-refractivity contribution in [2.75, 3.05) is 19.0 Å². The quantitative estimate of drug-likeness (QED) is 0.842. The smallest absolute Gasteiger partial charge is 0.238 e. The molecular formula is C18H21ClN2O2. The number of nitrogens with one attached hydrogen (secondary N) is 2. The zero-order valence-corrected chi connectivity index (χ0v) is 14.3. The normalized spacial score (nSPS) is 11.8. The topological polar surface area (TPSA) is 50.4 Å². The molecule has 1 atom stereocenters. The van der Waals surface area contributed by atoms with Crippen molar-refractivity contribution in [2.24, 2.45) is 0 Å². The molecule has 2 rings (SSSR count). The maximum Gasteiger partial charge on any atom is 0.238 e. The van der Waals surface area contributed by atoms with Crippen molar-refractivity contribution in [3.8, 4) is 5.75 Å². The molecule has 0 radical (unpaired) electrons. The molecule has 0 fully saturated rings. The molecule has 0 heterocycles. The first-order chi connectivity index (χ1) is 11.0. The molecule has 5 heteroatoms. The first kappa shape index (κ1) is 17.3. The summed E-state index contributed by atoms with van der Waals surface area (Å²) in [5.41, 5.74) is 2.77. The number of methoxy groups -OCH3 is 1. The number of anilines is 1. The van der Waals surface area contributed by atoms with Crippen LogP contribution in [0, 0.1) is 6.92 Å². The molecule has 122 valence electrons. The second kappa shape index (κ2) is 7.99. The van der Waals surface area contributed by atoms with Gasteiger partial charge in [-0.2, -0.15) is 0 Å². The number of aryl methyl sites for hydroxylation is 1. The van der Waals surface area contributed by atoms with Gasteiger partial charge < -0.3 is 15.4 Å². The highest BCUT2D eigenvalue weighted by Crippen LogP contribution is 2.25. The van der Waals surface area contributed by atoms with Gasteiger partial charge in [-0.3, -0.25) is 4.79 Å². The first-order valence-electron chi connectivity index (χ1n) is 7.43. The van der Waals surface area contributed by atoms with Crippen LogP contribution in [-0.2, 0) is 4.79 Å². The number of rotatable bonds is 6. The number of carbonyl (C=O) groups is 1. The highest BCUT2D eigenvalue weighted by Gasteiger charge is 2.10. The molecule has 1 amide bonds. The maximum atomic E-state index is 12.1. The van der Waals surface area contributed by atoms with Crippen LogP contribution in [0.2, 0.25) is 5.02 Å². The van der Waals surface area contributed by atoms with E-state index in [1.165, 1.54) is 0 Å². The number of ether oxygens (including phenoxy) is 1. The van der Waals surface area contributed by atoms with Gasteiger partial charge in [-0.15, -0.1) is 0 Å². The molecule has 4 nitrogen and oxygen atoms in total. The third kappa shape index (κ3) is 4.98. The summed E-state index contributed by atoms with van der Waals surface area (Å²) in [6.07, 6.45) is 0. The molecule has 0 aliphatic carbocycles. The second-order valence-corrected chi connectivity index (χ2v) is 5.85. The average molecular weight is 333 g/mol. The Hall–Kier alpha value is -2.04. The Labute approximate surface area is 141 Å². The summed E-state index contributed by atoms with van der Waals surface area (Å²) in [6.45, 7) is 4.16. The summed E-state index contributed by atoms with van der Waals surface area (Å²) in [5, 5.41) is 6.74. The predicted molar refractivity (Wildman–Crippen MR) is 94.2 cm³/mol. The van der Waals surface area contributed by atoms with Gasteiger partial charge in [0.25, 0.3) is 0 Å². The Morgan fingerprint density at radius 3 is 2.74 bits per heavy atom. The van der Waals surface area contributed by atoms with Crippen LogP contribution in [0.25, 0.3) is 0 Å². The van der Waals surface area contributed by atoms with E-state index in [1.807, 2.05) is 56.3 Å². The summed E-state index contributed by atoms with van der Waals surface area (Å²) in [4.78, 5) is 12.1. The van der Waals surface area contributed by atoms with E-state index in [4.69, 9.17) is 16.3 Å². The molecule has 0 aliphatic heterocycles. The van der Waals surface area contributed by atoms with Crippen molar-refractivity contribution in [3.05, 3.63) is 58.6 Å². The molecule has 0 aliphatic rings. The van der Waals surface area contributed by atoms with E-state index in [-0.39, 0.29) is 18.5 Å². The largest absolute Gasteiger partial charge is 0.495 e. The number of benzene rings is 2. The van der Waals surface area contributed by atoms with Crippen LogP contribution in [0.1, 0.15) is 24.1 Å². The highest BCUT2D eigenvalue weighted by atomic mass is 35.5. The maximum absolute atomic E-state index is 12.1. The monoisotopic (exact) mass is 332 g/mol. The van der Waals surface area contributed by atoms with Crippen LogP contribution in [0.4, 0.5) is 5.69 Å². The fourth-order valence-corrected chi connectivity index (χ4v) is 2.45. The van der Waals surface area contributed by atoms with E-state index in [9.17, 15) is 4.79 Å². The Bertz CT molecular complexity index is 688. The second-order valence-electron chi connectivity index (χ2n) is 5.41. The van der Waals surface area contributed by atoms with Crippen molar-refractivity contribution in [1.82, 2.24) is 5.32 Å². The third-order valence-electron chi connectivity index (χ3n) is 3.55. The molecular weight excluding hydrogens is 312 g/mol. The molecule has 0 aromatic heterocycles. The Morgan fingerprint density at radius 1 is 1.26 bits per heavy atom. The van der Waals surface area contributed by atoms with Gasteiger partial charge in [-0.05, 0) is 49.2 Å². The van der Waals surface area contributed by atoms with Crippen LogP contribution in [-0.4, -0.2) is 19.6 Å². The molecule has 2 aromatic carbocycles. The fraction of sp³-hybridized carbons (Fsp3) is 0.278. The van der Waals surface area contributed by atoms with Crippen LogP contribution in [0.15, 0.2) is 42.5 Å². The minimum absolute atomic E-state index is 0.0267.